The zero-order chi connectivity index (χ0) is 15.3. The second-order valence-corrected chi connectivity index (χ2v) is 5.35. The number of hydrogen-bond acceptors (Lipinski definition) is 3. The van der Waals surface area contributed by atoms with Gasteiger partial charge in [0.1, 0.15) is 12.4 Å². The molecule has 1 saturated carbocycles. The van der Waals surface area contributed by atoms with Gasteiger partial charge in [0.05, 0.1) is 6.54 Å². The van der Waals surface area contributed by atoms with E-state index in [4.69, 9.17) is 10.5 Å². The lowest BCUT2D eigenvalue weighted by molar-refractivity contribution is -0.147. The average molecular weight is 302 g/mol. The Morgan fingerprint density at radius 3 is 2.38 bits per heavy atom. The molecule has 0 spiro atoms. The van der Waals surface area contributed by atoms with E-state index >= 15 is 0 Å². The standard InChI is InChI=1S/C15H21F3N2O/c16-15(17,18)11-20(13-3-4-13)9-10-21-14-5-1-12(2-6-14)7-8-19/h1-2,5-6,13H,3-4,7-11,19H2. The summed E-state index contributed by atoms with van der Waals surface area (Å²) in [5, 5.41) is 0. The molecule has 3 nitrogen and oxygen atoms in total. The smallest absolute Gasteiger partial charge is 0.401 e. The van der Waals surface area contributed by atoms with E-state index in [1.807, 2.05) is 24.3 Å². The van der Waals surface area contributed by atoms with Crippen LogP contribution in [0.5, 0.6) is 5.75 Å². The molecular weight excluding hydrogens is 281 g/mol. The number of ether oxygens (including phenoxy) is 1. The number of nitrogens with zero attached hydrogens (tertiary/aromatic N) is 1. The molecular formula is C15H21F3N2O. The first kappa shape index (κ1) is 16.1. The predicted molar refractivity (Wildman–Crippen MR) is 75.3 cm³/mol. The number of hydrogen-bond donors (Lipinski definition) is 1. The normalized spacial score (nSPS) is 15.5. The monoisotopic (exact) mass is 302 g/mol. The maximum absolute atomic E-state index is 12.5. The van der Waals surface area contributed by atoms with Crippen molar-refractivity contribution in [3.63, 3.8) is 0 Å². The van der Waals surface area contributed by atoms with E-state index in [-0.39, 0.29) is 12.6 Å². The van der Waals surface area contributed by atoms with E-state index in [2.05, 4.69) is 0 Å². The highest BCUT2D eigenvalue weighted by Gasteiger charge is 2.37. The first-order valence-corrected chi connectivity index (χ1v) is 7.20. The van der Waals surface area contributed by atoms with E-state index in [0.29, 0.717) is 18.8 Å². The summed E-state index contributed by atoms with van der Waals surface area (Å²) in [6.45, 7) is 0.308. The van der Waals surface area contributed by atoms with E-state index in [0.717, 1.165) is 24.8 Å². The molecule has 1 aromatic rings. The van der Waals surface area contributed by atoms with E-state index in [1.165, 1.54) is 4.90 Å². The highest BCUT2D eigenvalue weighted by atomic mass is 19.4. The van der Waals surface area contributed by atoms with Crippen LogP contribution < -0.4 is 10.5 Å². The molecule has 1 aliphatic rings. The summed E-state index contributed by atoms with van der Waals surface area (Å²) in [5.74, 6) is 0.679. The summed E-state index contributed by atoms with van der Waals surface area (Å²) in [5.41, 5.74) is 6.59. The Morgan fingerprint density at radius 2 is 1.86 bits per heavy atom. The van der Waals surface area contributed by atoms with Gasteiger partial charge in [-0.15, -0.1) is 0 Å². The summed E-state index contributed by atoms with van der Waals surface area (Å²) >= 11 is 0. The van der Waals surface area contributed by atoms with Crippen LogP contribution in [0.2, 0.25) is 0 Å². The van der Waals surface area contributed by atoms with Gasteiger partial charge in [-0.2, -0.15) is 13.2 Å². The lowest BCUT2D eigenvalue weighted by Gasteiger charge is -2.23. The third kappa shape index (κ3) is 5.93. The van der Waals surface area contributed by atoms with Crippen LogP contribution in [0.4, 0.5) is 13.2 Å². The molecule has 1 aliphatic carbocycles. The van der Waals surface area contributed by atoms with E-state index in [1.54, 1.807) is 0 Å². The van der Waals surface area contributed by atoms with Crippen molar-refractivity contribution in [3.8, 4) is 5.75 Å². The van der Waals surface area contributed by atoms with Crippen LogP contribution in [-0.4, -0.2) is 43.4 Å². The Balaban J connectivity index is 1.76. The largest absolute Gasteiger partial charge is 0.492 e. The van der Waals surface area contributed by atoms with Crippen LogP contribution in [0.1, 0.15) is 18.4 Å². The Morgan fingerprint density at radius 1 is 1.19 bits per heavy atom. The molecule has 118 valence electrons. The Kier molecular flexibility index (Phi) is 5.47. The summed E-state index contributed by atoms with van der Waals surface area (Å²) < 4.78 is 42.9. The van der Waals surface area contributed by atoms with Crippen LogP contribution in [0, 0.1) is 0 Å². The average Bonchev–Trinajstić information content (AvgIpc) is 3.23. The molecule has 0 saturated heterocycles. The Labute approximate surface area is 122 Å². The summed E-state index contributed by atoms with van der Waals surface area (Å²) in [6, 6.07) is 7.58. The van der Waals surface area contributed by atoms with E-state index in [9.17, 15) is 13.2 Å². The third-order valence-electron chi connectivity index (χ3n) is 3.45. The molecule has 6 heteroatoms. The second-order valence-electron chi connectivity index (χ2n) is 5.35. The fourth-order valence-electron chi connectivity index (χ4n) is 2.26. The molecule has 0 aliphatic heterocycles. The molecule has 0 aromatic heterocycles. The van der Waals surface area contributed by atoms with Gasteiger partial charge < -0.3 is 10.5 Å². The summed E-state index contributed by atoms with van der Waals surface area (Å²) in [7, 11) is 0. The zero-order valence-electron chi connectivity index (χ0n) is 11.9. The third-order valence-corrected chi connectivity index (χ3v) is 3.45. The van der Waals surface area contributed by atoms with Crippen molar-refractivity contribution >= 4 is 0 Å². The molecule has 0 unspecified atom stereocenters. The van der Waals surface area contributed by atoms with Crippen molar-refractivity contribution in [2.45, 2.75) is 31.5 Å². The minimum atomic E-state index is -4.15. The van der Waals surface area contributed by atoms with Crippen molar-refractivity contribution in [3.05, 3.63) is 29.8 Å². The van der Waals surface area contributed by atoms with Gasteiger partial charge in [-0.1, -0.05) is 12.1 Å². The molecule has 2 N–H and O–H groups in total. The number of rotatable bonds is 8. The van der Waals surface area contributed by atoms with Crippen molar-refractivity contribution in [2.24, 2.45) is 5.73 Å². The minimum Gasteiger partial charge on any atom is -0.492 e. The molecule has 21 heavy (non-hydrogen) atoms. The number of nitrogens with two attached hydrogens (primary N) is 1. The van der Waals surface area contributed by atoms with Gasteiger partial charge in [0.15, 0.2) is 0 Å². The maximum atomic E-state index is 12.5. The second kappa shape index (κ2) is 7.13. The predicted octanol–water partition coefficient (Wildman–Crippen LogP) is 2.59. The molecule has 0 heterocycles. The van der Waals surface area contributed by atoms with Gasteiger partial charge in [-0.05, 0) is 43.5 Å². The van der Waals surface area contributed by atoms with Gasteiger partial charge >= 0.3 is 6.18 Å². The lowest BCUT2D eigenvalue weighted by Crippen LogP contribution is -2.38. The highest BCUT2D eigenvalue weighted by Crippen LogP contribution is 2.29. The minimum absolute atomic E-state index is 0.0714. The zero-order valence-corrected chi connectivity index (χ0v) is 11.9. The first-order valence-electron chi connectivity index (χ1n) is 7.20. The molecule has 1 fully saturated rings. The summed E-state index contributed by atoms with van der Waals surface area (Å²) in [4.78, 5) is 1.46. The molecule has 0 radical (unpaired) electrons. The van der Waals surface area contributed by atoms with Gasteiger partial charge in [0.25, 0.3) is 0 Å². The van der Waals surface area contributed by atoms with Gasteiger partial charge in [0.2, 0.25) is 0 Å². The quantitative estimate of drug-likeness (QED) is 0.802. The van der Waals surface area contributed by atoms with Gasteiger partial charge in [0, 0.05) is 12.6 Å². The molecule has 0 atom stereocenters. The van der Waals surface area contributed by atoms with Crippen LogP contribution >= 0.6 is 0 Å². The van der Waals surface area contributed by atoms with Crippen molar-refractivity contribution < 1.29 is 17.9 Å². The van der Waals surface area contributed by atoms with Gasteiger partial charge in [-0.3, -0.25) is 4.90 Å². The SMILES string of the molecule is NCCc1ccc(OCCN(CC(F)(F)F)C2CC2)cc1. The van der Waals surface area contributed by atoms with Crippen LogP contribution in [0.25, 0.3) is 0 Å². The van der Waals surface area contributed by atoms with Crippen LogP contribution in [0.3, 0.4) is 0 Å². The fourth-order valence-corrected chi connectivity index (χ4v) is 2.26. The highest BCUT2D eigenvalue weighted by molar-refractivity contribution is 5.27. The number of halogens is 3. The molecule has 0 amide bonds. The van der Waals surface area contributed by atoms with E-state index < -0.39 is 12.7 Å². The van der Waals surface area contributed by atoms with Crippen molar-refractivity contribution in [1.82, 2.24) is 4.90 Å². The van der Waals surface area contributed by atoms with Crippen LogP contribution in [0.15, 0.2) is 24.3 Å². The lowest BCUT2D eigenvalue weighted by atomic mass is 10.1. The topological polar surface area (TPSA) is 38.5 Å². The fraction of sp³-hybridized carbons (Fsp3) is 0.600. The van der Waals surface area contributed by atoms with Crippen molar-refractivity contribution in [1.29, 1.82) is 0 Å². The number of alkyl halides is 3. The molecule has 2 rings (SSSR count). The Bertz CT molecular complexity index is 430. The van der Waals surface area contributed by atoms with Crippen LogP contribution in [-0.2, 0) is 6.42 Å². The van der Waals surface area contributed by atoms with Gasteiger partial charge in [-0.25, -0.2) is 0 Å². The maximum Gasteiger partial charge on any atom is 0.401 e. The molecule has 0 bridgehead atoms. The first-order chi connectivity index (χ1) is 9.98. The molecule has 1 aromatic carbocycles. The Hall–Kier alpha value is -1.27. The summed E-state index contributed by atoms with van der Waals surface area (Å²) in [6.07, 6.45) is -1.64. The van der Waals surface area contributed by atoms with Crippen molar-refractivity contribution in [2.75, 3.05) is 26.2 Å². The number of benzene rings is 1.